The van der Waals surface area contributed by atoms with Crippen molar-refractivity contribution in [2.45, 2.75) is 25.3 Å². The summed E-state index contributed by atoms with van der Waals surface area (Å²) in [7, 11) is 0. The molecule has 5 heteroatoms. The number of nitrogens with one attached hydrogen (secondary N) is 3. The van der Waals surface area contributed by atoms with Crippen molar-refractivity contribution in [3.63, 3.8) is 0 Å². The predicted octanol–water partition coefficient (Wildman–Crippen LogP) is 0.675. The Morgan fingerprint density at radius 2 is 2.05 bits per heavy atom. The van der Waals surface area contributed by atoms with Crippen LogP contribution in [0.4, 0.5) is 0 Å². The second kappa shape index (κ2) is 7.65. The molecule has 0 radical (unpaired) electrons. The van der Waals surface area contributed by atoms with Gasteiger partial charge in [0.15, 0.2) is 0 Å². The van der Waals surface area contributed by atoms with Crippen LogP contribution in [-0.4, -0.2) is 37.5 Å². The number of benzene rings is 1. The van der Waals surface area contributed by atoms with Crippen LogP contribution in [0.5, 0.6) is 0 Å². The van der Waals surface area contributed by atoms with Gasteiger partial charge < -0.3 is 16.0 Å². The second-order valence-electron chi connectivity index (χ2n) is 4.98. The van der Waals surface area contributed by atoms with E-state index in [2.05, 4.69) is 16.0 Å². The summed E-state index contributed by atoms with van der Waals surface area (Å²) < 4.78 is 0. The van der Waals surface area contributed by atoms with Crippen molar-refractivity contribution in [2.24, 2.45) is 0 Å². The molecule has 1 atom stereocenters. The molecular weight excluding hydrogens is 254 g/mol. The fourth-order valence-electron chi connectivity index (χ4n) is 2.22. The normalized spacial score (nSPS) is 17.7. The van der Waals surface area contributed by atoms with Crippen LogP contribution >= 0.6 is 0 Å². The minimum Gasteiger partial charge on any atom is -0.352 e. The first-order valence-electron chi connectivity index (χ1n) is 7.09. The maximum Gasteiger partial charge on any atom is 0.251 e. The topological polar surface area (TPSA) is 70.2 Å². The molecule has 1 aromatic rings. The summed E-state index contributed by atoms with van der Waals surface area (Å²) in [5, 5.41) is 9.01. The lowest BCUT2D eigenvalue weighted by atomic mass is 10.2. The molecule has 2 rings (SSSR count). The molecule has 0 spiro atoms. The third-order valence-electron chi connectivity index (χ3n) is 3.33. The molecule has 5 nitrogen and oxygen atoms in total. The highest BCUT2D eigenvalue weighted by atomic mass is 16.2. The van der Waals surface area contributed by atoms with Gasteiger partial charge in [-0.3, -0.25) is 9.59 Å². The van der Waals surface area contributed by atoms with Crippen molar-refractivity contribution in [1.82, 2.24) is 16.0 Å². The van der Waals surface area contributed by atoms with E-state index < -0.39 is 0 Å². The predicted molar refractivity (Wildman–Crippen MR) is 77.4 cm³/mol. The van der Waals surface area contributed by atoms with Gasteiger partial charge in [-0.05, 0) is 31.5 Å². The molecule has 1 aromatic carbocycles. The number of carbonyl (C=O) groups excluding carboxylic acids is 2. The SMILES string of the molecule is O=C(CCCNC(=O)c1ccccc1)NC1CCNC1. The van der Waals surface area contributed by atoms with Crippen molar-refractivity contribution >= 4 is 11.8 Å². The highest BCUT2D eigenvalue weighted by molar-refractivity contribution is 5.94. The number of hydrogen-bond acceptors (Lipinski definition) is 3. The Balaban J connectivity index is 1.59. The van der Waals surface area contributed by atoms with E-state index in [1.54, 1.807) is 12.1 Å². The van der Waals surface area contributed by atoms with Gasteiger partial charge in [0, 0.05) is 31.1 Å². The maximum absolute atomic E-state index is 11.7. The molecule has 1 heterocycles. The zero-order valence-electron chi connectivity index (χ0n) is 11.5. The first-order chi connectivity index (χ1) is 9.75. The Morgan fingerprint density at radius 1 is 1.25 bits per heavy atom. The van der Waals surface area contributed by atoms with E-state index in [1.165, 1.54) is 0 Å². The van der Waals surface area contributed by atoms with E-state index in [0.717, 1.165) is 19.5 Å². The average Bonchev–Trinajstić information content (AvgIpc) is 2.97. The minimum absolute atomic E-state index is 0.0626. The van der Waals surface area contributed by atoms with Crippen molar-refractivity contribution < 1.29 is 9.59 Å². The Kier molecular flexibility index (Phi) is 5.55. The first kappa shape index (κ1) is 14.5. The van der Waals surface area contributed by atoms with Gasteiger partial charge in [-0.1, -0.05) is 18.2 Å². The molecular formula is C15H21N3O2. The highest BCUT2D eigenvalue weighted by Gasteiger charge is 2.16. The number of amides is 2. The van der Waals surface area contributed by atoms with E-state index >= 15 is 0 Å². The average molecular weight is 275 g/mol. The highest BCUT2D eigenvalue weighted by Crippen LogP contribution is 2.00. The second-order valence-corrected chi connectivity index (χ2v) is 4.98. The quantitative estimate of drug-likeness (QED) is 0.669. The van der Waals surface area contributed by atoms with Crippen molar-refractivity contribution in [3.8, 4) is 0 Å². The van der Waals surface area contributed by atoms with E-state index in [9.17, 15) is 9.59 Å². The smallest absolute Gasteiger partial charge is 0.251 e. The summed E-state index contributed by atoms with van der Waals surface area (Å²) in [6.07, 6.45) is 2.10. The lowest BCUT2D eigenvalue weighted by Gasteiger charge is -2.11. The molecule has 3 N–H and O–H groups in total. The largest absolute Gasteiger partial charge is 0.352 e. The lowest BCUT2D eigenvalue weighted by Crippen LogP contribution is -2.36. The standard InChI is InChI=1S/C15H21N3O2/c19-14(18-13-8-10-16-11-13)7-4-9-17-15(20)12-5-2-1-3-6-12/h1-3,5-6,13,16H,4,7-11H2,(H,17,20)(H,18,19). The molecule has 1 aliphatic heterocycles. The Bertz CT molecular complexity index is 442. The Labute approximate surface area is 119 Å². The third kappa shape index (κ3) is 4.66. The first-order valence-corrected chi connectivity index (χ1v) is 7.09. The zero-order valence-corrected chi connectivity index (χ0v) is 11.5. The van der Waals surface area contributed by atoms with Gasteiger partial charge in [-0.25, -0.2) is 0 Å². The Hall–Kier alpha value is -1.88. The fourth-order valence-corrected chi connectivity index (χ4v) is 2.22. The minimum atomic E-state index is -0.0917. The molecule has 0 aromatic heterocycles. The van der Waals surface area contributed by atoms with E-state index in [0.29, 0.717) is 24.9 Å². The Morgan fingerprint density at radius 3 is 2.75 bits per heavy atom. The van der Waals surface area contributed by atoms with Crippen LogP contribution in [-0.2, 0) is 4.79 Å². The van der Waals surface area contributed by atoms with Gasteiger partial charge in [-0.2, -0.15) is 0 Å². The summed E-state index contributed by atoms with van der Waals surface area (Å²) in [6, 6.07) is 9.35. The fraction of sp³-hybridized carbons (Fsp3) is 0.467. The summed E-state index contributed by atoms with van der Waals surface area (Å²) in [6.45, 7) is 2.35. The molecule has 2 amide bonds. The number of carbonyl (C=O) groups is 2. The van der Waals surface area contributed by atoms with Crippen molar-refractivity contribution in [3.05, 3.63) is 35.9 Å². The molecule has 0 aliphatic carbocycles. The van der Waals surface area contributed by atoms with Crippen LogP contribution in [0.15, 0.2) is 30.3 Å². The molecule has 1 aliphatic rings. The van der Waals surface area contributed by atoms with E-state index in [4.69, 9.17) is 0 Å². The number of hydrogen-bond donors (Lipinski definition) is 3. The van der Waals surface area contributed by atoms with Gasteiger partial charge in [0.1, 0.15) is 0 Å². The summed E-state index contributed by atoms with van der Waals surface area (Å²) in [4.78, 5) is 23.4. The van der Waals surface area contributed by atoms with Gasteiger partial charge >= 0.3 is 0 Å². The van der Waals surface area contributed by atoms with Gasteiger partial charge in [-0.15, -0.1) is 0 Å². The molecule has 20 heavy (non-hydrogen) atoms. The van der Waals surface area contributed by atoms with Crippen LogP contribution < -0.4 is 16.0 Å². The van der Waals surface area contributed by atoms with Crippen molar-refractivity contribution in [2.75, 3.05) is 19.6 Å². The monoisotopic (exact) mass is 275 g/mol. The summed E-state index contributed by atoms with van der Waals surface area (Å²) in [5.74, 6) is -0.0290. The summed E-state index contributed by atoms with van der Waals surface area (Å²) in [5.41, 5.74) is 0.647. The summed E-state index contributed by atoms with van der Waals surface area (Å²) >= 11 is 0. The van der Waals surface area contributed by atoms with Gasteiger partial charge in [0.25, 0.3) is 5.91 Å². The van der Waals surface area contributed by atoms with E-state index in [-0.39, 0.29) is 17.9 Å². The molecule has 1 unspecified atom stereocenters. The van der Waals surface area contributed by atoms with Crippen LogP contribution in [0.25, 0.3) is 0 Å². The zero-order chi connectivity index (χ0) is 14.2. The van der Waals surface area contributed by atoms with E-state index in [1.807, 2.05) is 18.2 Å². The molecule has 1 fully saturated rings. The van der Waals surface area contributed by atoms with Crippen LogP contribution in [0.1, 0.15) is 29.6 Å². The maximum atomic E-state index is 11.7. The molecule has 0 saturated carbocycles. The van der Waals surface area contributed by atoms with Crippen LogP contribution in [0.2, 0.25) is 0 Å². The van der Waals surface area contributed by atoms with Crippen molar-refractivity contribution in [1.29, 1.82) is 0 Å². The molecule has 0 bridgehead atoms. The van der Waals surface area contributed by atoms with Gasteiger partial charge in [0.2, 0.25) is 5.91 Å². The molecule has 108 valence electrons. The van der Waals surface area contributed by atoms with Gasteiger partial charge in [0.05, 0.1) is 0 Å². The third-order valence-corrected chi connectivity index (χ3v) is 3.33. The molecule has 1 saturated heterocycles. The van der Waals surface area contributed by atoms with Crippen LogP contribution in [0, 0.1) is 0 Å². The number of rotatable bonds is 6. The lowest BCUT2D eigenvalue weighted by molar-refractivity contribution is -0.121. The van der Waals surface area contributed by atoms with Crippen LogP contribution in [0.3, 0.4) is 0 Å².